The van der Waals surface area contributed by atoms with Crippen LogP contribution in [0.1, 0.15) is 17.2 Å². The third-order valence-corrected chi connectivity index (χ3v) is 6.48. The molecule has 4 aromatic rings. The number of pyridine rings is 1. The van der Waals surface area contributed by atoms with Crippen molar-refractivity contribution >= 4 is 23.4 Å². The Labute approximate surface area is 219 Å². The van der Waals surface area contributed by atoms with Crippen LogP contribution in [0.25, 0.3) is 0 Å². The average molecular weight is 516 g/mol. The van der Waals surface area contributed by atoms with Gasteiger partial charge < -0.3 is 15.4 Å². The highest BCUT2D eigenvalue weighted by Crippen LogP contribution is 2.31. The number of carbonyl (C=O) groups excluding carboxylic acids is 1. The standard InChI is InChI=1S/C29H27F2N5O2/c30-22-10-6-20(7-11-22)27(21-8-12-23(31)13-9-21)36-18-16-35(17-19-36)26-15-14-25(28(32)34-26)33-29(37)38-24-4-2-1-3-5-24/h1-15,27H,16-19H2,(H2,32,34)(H,33,37). The van der Waals surface area contributed by atoms with E-state index in [1.807, 2.05) is 12.1 Å². The van der Waals surface area contributed by atoms with Crippen LogP contribution in [0, 0.1) is 11.6 Å². The van der Waals surface area contributed by atoms with Gasteiger partial charge in [-0.25, -0.2) is 18.6 Å². The van der Waals surface area contributed by atoms with Crippen molar-refractivity contribution in [1.82, 2.24) is 9.88 Å². The minimum atomic E-state index is -0.654. The molecule has 1 aromatic heterocycles. The molecule has 0 radical (unpaired) electrons. The van der Waals surface area contributed by atoms with E-state index in [9.17, 15) is 13.6 Å². The maximum Gasteiger partial charge on any atom is 0.417 e. The fraction of sp³-hybridized carbons (Fsp3) is 0.172. The molecule has 2 heterocycles. The Bertz CT molecular complexity index is 1330. The van der Waals surface area contributed by atoms with Gasteiger partial charge in [-0.1, -0.05) is 42.5 Å². The first-order valence-electron chi connectivity index (χ1n) is 12.3. The molecule has 0 aliphatic carbocycles. The highest BCUT2D eigenvalue weighted by atomic mass is 19.1. The van der Waals surface area contributed by atoms with Crippen molar-refractivity contribution in [2.45, 2.75) is 6.04 Å². The third-order valence-electron chi connectivity index (χ3n) is 6.48. The Morgan fingerprint density at radius 1 is 0.816 bits per heavy atom. The summed E-state index contributed by atoms with van der Waals surface area (Å²) >= 11 is 0. The van der Waals surface area contributed by atoms with Crippen molar-refractivity contribution in [2.24, 2.45) is 0 Å². The zero-order valence-corrected chi connectivity index (χ0v) is 20.6. The monoisotopic (exact) mass is 515 g/mol. The summed E-state index contributed by atoms with van der Waals surface area (Å²) in [6.45, 7) is 2.75. The van der Waals surface area contributed by atoms with Gasteiger partial charge in [0, 0.05) is 26.2 Å². The number of anilines is 3. The highest BCUT2D eigenvalue weighted by Gasteiger charge is 2.27. The molecule has 5 rings (SSSR count). The number of rotatable bonds is 6. The number of hydrogen-bond donors (Lipinski definition) is 2. The van der Waals surface area contributed by atoms with Gasteiger partial charge in [-0.2, -0.15) is 0 Å². The van der Waals surface area contributed by atoms with Gasteiger partial charge in [0.05, 0.1) is 11.7 Å². The molecule has 0 spiro atoms. The Morgan fingerprint density at radius 2 is 1.39 bits per heavy atom. The van der Waals surface area contributed by atoms with E-state index in [1.54, 1.807) is 54.6 Å². The summed E-state index contributed by atoms with van der Waals surface area (Å²) in [6, 6.07) is 25.0. The van der Waals surface area contributed by atoms with Gasteiger partial charge in [0.2, 0.25) is 0 Å². The molecule has 3 aromatic carbocycles. The predicted molar refractivity (Wildman–Crippen MR) is 143 cm³/mol. The number of halogens is 2. The largest absolute Gasteiger partial charge is 0.417 e. The first kappa shape index (κ1) is 25.2. The van der Waals surface area contributed by atoms with Crippen LogP contribution < -0.4 is 20.7 Å². The van der Waals surface area contributed by atoms with E-state index in [0.29, 0.717) is 43.4 Å². The van der Waals surface area contributed by atoms with E-state index in [-0.39, 0.29) is 23.5 Å². The second-order valence-electron chi connectivity index (χ2n) is 8.96. The number of amides is 1. The lowest BCUT2D eigenvalue weighted by atomic mass is 9.96. The summed E-state index contributed by atoms with van der Waals surface area (Å²) in [5.74, 6) is 0.706. The van der Waals surface area contributed by atoms with Gasteiger partial charge in [0.1, 0.15) is 29.0 Å². The van der Waals surface area contributed by atoms with Crippen LogP contribution in [0.3, 0.4) is 0 Å². The molecule has 194 valence electrons. The van der Waals surface area contributed by atoms with Crippen LogP contribution in [0.15, 0.2) is 91.0 Å². The normalized spacial score (nSPS) is 13.9. The minimum absolute atomic E-state index is 0.140. The summed E-state index contributed by atoms with van der Waals surface area (Å²) < 4.78 is 32.4. The number of para-hydroxylation sites is 1. The van der Waals surface area contributed by atoms with Gasteiger partial charge in [0.25, 0.3) is 0 Å². The molecular weight excluding hydrogens is 488 g/mol. The maximum atomic E-state index is 13.6. The van der Waals surface area contributed by atoms with Gasteiger partial charge in [-0.15, -0.1) is 0 Å². The number of aromatic nitrogens is 1. The number of nitrogen functional groups attached to an aromatic ring is 1. The lowest BCUT2D eigenvalue weighted by Gasteiger charge is -2.40. The Morgan fingerprint density at radius 3 is 1.95 bits per heavy atom. The van der Waals surface area contributed by atoms with E-state index < -0.39 is 6.09 Å². The molecule has 0 bridgehead atoms. The van der Waals surface area contributed by atoms with Crippen LogP contribution in [0.2, 0.25) is 0 Å². The molecule has 1 fully saturated rings. The highest BCUT2D eigenvalue weighted by molar-refractivity contribution is 5.89. The van der Waals surface area contributed by atoms with Crippen LogP contribution >= 0.6 is 0 Å². The summed E-state index contributed by atoms with van der Waals surface area (Å²) in [4.78, 5) is 21.1. The first-order chi connectivity index (χ1) is 18.5. The number of nitrogens with two attached hydrogens (primary N) is 1. The summed E-state index contributed by atoms with van der Waals surface area (Å²) in [6.07, 6.45) is -0.654. The van der Waals surface area contributed by atoms with Crippen LogP contribution in [-0.2, 0) is 0 Å². The quantitative estimate of drug-likeness (QED) is 0.355. The molecule has 7 nitrogen and oxygen atoms in total. The average Bonchev–Trinajstić information content (AvgIpc) is 2.93. The molecule has 38 heavy (non-hydrogen) atoms. The molecule has 9 heteroatoms. The lowest BCUT2D eigenvalue weighted by molar-refractivity contribution is 0.212. The first-order valence-corrected chi connectivity index (χ1v) is 12.3. The molecule has 3 N–H and O–H groups in total. The van der Waals surface area contributed by atoms with E-state index in [0.717, 1.165) is 11.1 Å². The van der Waals surface area contributed by atoms with Crippen molar-refractivity contribution in [2.75, 3.05) is 42.1 Å². The lowest BCUT2D eigenvalue weighted by Crippen LogP contribution is -2.48. The third kappa shape index (κ3) is 5.90. The van der Waals surface area contributed by atoms with Crippen molar-refractivity contribution in [1.29, 1.82) is 0 Å². The number of nitrogens with zero attached hydrogens (tertiary/aromatic N) is 3. The Balaban J connectivity index is 1.25. The molecule has 1 saturated heterocycles. The molecule has 1 aliphatic rings. The fourth-order valence-electron chi connectivity index (χ4n) is 4.59. The smallest absolute Gasteiger partial charge is 0.410 e. The molecule has 0 unspecified atom stereocenters. The number of nitrogens with one attached hydrogen (secondary N) is 1. The van der Waals surface area contributed by atoms with E-state index in [2.05, 4.69) is 20.1 Å². The number of hydrogen-bond acceptors (Lipinski definition) is 6. The summed E-state index contributed by atoms with van der Waals surface area (Å²) in [5, 5.41) is 2.63. The second kappa shape index (κ2) is 11.3. The van der Waals surface area contributed by atoms with E-state index in [4.69, 9.17) is 10.5 Å². The summed E-state index contributed by atoms with van der Waals surface area (Å²) in [7, 11) is 0. The molecule has 1 aliphatic heterocycles. The Hall–Kier alpha value is -4.50. The van der Waals surface area contributed by atoms with Gasteiger partial charge >= 0.3 is 6.09 Å². The number of benzene rings is 3. The second-order valence-corrected chi connectivity index (χ2v) is 8.96. The zero-order chi connectivity index (χ0) is 26.5. The molecule has 0 atom stereocenters. The van der Waals surface area contributed by atoms with Gasteiger partial charge in [-0.05, 0) is 59.7 Å². The van der Waals surface area contributed by atoms with Crippen LogP contribution in [0.5, 0.6) is 5.75 Å². The fourth-order valence-corrected chi connectivity index (χ4v) is 4.59. The Kier molecular flexibility index (Phi) is 7.46. The topological polar surface area (TPSA) is 83.7 Å². The van der Waals surface area contributed by atoms with Gasteiger partial charge in [-0.3, -0.25) is 10.2 Å². The van der Waals surface area contributed by atoms with Crippen LogP contribution in [0.4, 0.5) is 30.9 Å². The van der Waals surface area contributed by atoms with Crippen molar-refractivity contribution in [3.63, 3.8) is 0 Å². The number of carbonyl (C=O) groups is 1. The predicted octanol–water partition coefficient (Wildman–Crippen LogP) is 5.46. The maximum absolute atomic E-state index is 13.6. The summed E-state index contributed by atoms with van der Waals surface area (Å²) in [5.41, 5.74) is 8.38. The minimum Gasteiger partial charge on any atom is -0.410 e. The van der Waals surface area contributed by atoms with Gasteiger partial charge in [0.15, 0.2) is 0 Å². The van der Waals surface area contributed by atoms with Crippen molar-refractivity contribution in [3.05, 3.63) is 114 Å². The molecule has 0 saturated carbocycles. The van der Waals surface area contributed by atoms with E-state index >= 15 is 0 Å². The van der Waals surface area contributed by atoms with Crippen molar-refractivity contribution in [3.8, 4) is 5.75 Å². The SMILES string of the molecule is Nc1nc(N2CCN(C(c3ccc(F)cc3)c3ccc(F)cc3)CC2)ccc1NC(=O)Oc1ccccc1. The molecule has 1 amide bonds. The number of ether oxygens (including phenoxy) is 1. The van der Waals surface area contributed by atoms with Crippen LogP contribution in [-0.4, -0.2) is 42.2 Å². The van der Waals surface area contributed by atoms with E-state index in [1.165, 1.54) is 24.3 Å². The number of piperazine rings is 1. The zero-order valence-electron chi connectivity index (χ0n) is 20.6. The van der Waals surface area contributed by atoms with Crippen molar-refractivity contribution < 1.29 is 18.3 Å². The molecular formula is C29H27F2N5O2.